The summed E-state index contributed by atoms with van der Waals surface area (Å²) in [4.78, 5) is 10.8. The van der Waals surface area contributed by atoms with E-state index in [0.29, 0.717) is 0 Å². The van der Waals surface area contributed by atoms with Crippen molar-refractivity contribution in [2.24, 2.45) is 0 Å². The van der Waals surface area contributed by atoms with E-state index in [9.17, 15) is 4.79 Å². The van der Waals surface area contributed by atoms with Crippen molar-refractivity contribution in [3.05, 3.63) is 18.2 Å². The van der Waals surface area contributed by atoms with E-state index in [2.05, 4.69) is 0 Å². The Bertz CT molecular complexity index is 276. The number of aromatic carboxylic acids is 1. The van der Waals surface area contributed by atoms with Crippen molar-refractivity contribution in [2.45, 2.75) is 0 Å². The largest absolute Gasteiger partial charge is 0.472 e. The van der Waals surface area contributed by atoms with Gasteiger partial charge in [-0.3, -0.25) is 0 Å². The summed E-state index contributed by atoms with van der Waals surface area (Å²) in [5, 5.41) is 8.83. The highest BCUT2D eigenvalue weighted by molar-refractivity contribution is 7.97. The first kappa shape index (κ1) is 9.47. The minimum Gasteiger partial charge on any atom is -0.472 e. The molecule has 0 aliphatic heterocycles. The molecule has 0 saturated heterocycles. The Morgan fingerprint density at radius 2 is 2.33 bits per heavy atom. The summed E-state index contributed by atoms with van der Waals surface area (Å²) in [6, 6.07) is 0. The molecule has 1 aromatic rings. The number of carbonyl (C=O) groups is 1. The van der Waals surface area contributed by atoms with Crippen molar-refractivity contribution in [2.75, 3.05) is 12.5 Å². The maximum absolute atomic E-state index is 10.8. The van der Waals surface area contributed by atoms with Gasteiger partial charge in [0.1, 0.15) is 12.4 Å². The molecule has 0 atom stereocenters. The molecule has 12 heavy (non-hydrogen) atoms. The first-order chi connectivity index (χ1) is 5.70. The molecule has 0 bridgehead atoms. The van der Waals surface area contributed by atoms with Gasteiger partial charge in [-0.1, -0.05) is 0 Å². The number of rotatable bonds is 3. The van der Waals surface area contributed by atoms with Crippen molar-refractivity contribution in [1.82, 2.24) is 3.97 Å². The van der Waals surface area contributed by atoms with Crippen LogP contribution < -0.4 is 3.97 Å². The van der Waals surface area contributed by atoms with E-state index in [1.54, 1.807) is 20.3 Å². The molecule has 0 spiro atoms. The number of imidazole rings is 1. The Morgan fingerprint density at radius 3 is 2.75 bits per heavy atom. The lowest BCUT2D eigenvalue weighted by molar-refractivity contribution is -0.496. The van der Waals surface area contributed by atoms with E-state index in [0.717, 1.165) is 0 Å². The lowest BCUT2D eigenvalue weighted by Gasteiger charge is -1.92. The zero-order valence-corrected chi connectivity index (χ0v) is 8.35. The summed E-state index contributed by atoms with van der Waals surface area (Å²) in [7, 11) is 0. The fourth-order valence-electron chi connectivity index (χ4n) is 0.843. The highest BCUT2D eigenvalue weighted by Gasteiger charge is 2.24. The van der Waals surface area contributed by atoms with Crippen LogP contribution in [-0.4, -0.2) is 27.6 Å². The van der Waals surface area contributed by atoms with Crippen molar-refractivity contribution < 1.29 is 13.9 Å². The van der Waals surface area contributed by atoms with Gasteiger partial charge in [-0.25, -0.2) is 4.79 Å². The molecule has 1 aromatic heterocycles. The number of nitrogens with zero attached hydrogens (tertiary/aromatic N) is 2. The molecule has 0 radical (unpaired) electrons. The van der Waals surface area contributed by atoms with Crippen LogP contribution in [0.15, 0.2) is 12.4 Å². The van der Waals surface area contributed by atoms with Crippen LogP contribution in [0.1, 0.15) is 10.6 Å². The maximum Gasteiger partial charge on any atom is 0.421 e. The smallest absolute Gasteiger partial charge is 0.421 e. The zero-order valence-electron chi connectivity index (χ0n) is 6.72. The molecule has 0 fully saturated rings. The van der Waals surface area contributed by atoms with Crippen LogP contribution in [0, 0.1) is 0 Å². The van der Waals surface area contributed by atoms with Crippen LogP contribution in [0.25, 0.3) is 0 Å². The van der Waals surface area contributed by atoms with E-state index in [-0.39, 0.29) is 5.82 Å². The number of hydrogen-bond donors (Lipinski definition) is 1. The lowest BCUT2D eigenvalue weighted by atomic mass is 10.6. The summed E-state index contributed by atoms with van der Waals surface area (Å²) in [5.74, 6) is -0.640. The van der Waals surface area contributed by atoms with Crippen LogP contribution in [0.4, 0.5) is 0 Å². The monoisotopic (exact) mass is 205 g/mol. The summed E-state index contributed by atoms with van der Waals surface area (Å²) < 4.78 is 3.22. The third kappa shape index (κ3) is 1.59. The molecule has 0 aliphatic carbocycles. The van der Waals surface area contributed by atoms with Gasteiger partial charge in [-0.15, -0.1) is 0 Å². The highest BCUT2D eigenvalue weighted by Crippen LogP contribution is 2.06. The number of carboxylic acids is 1. The van der Waals surface area contributed by atoms with Crippen LogP contribution in [-0.2, 0) is 0 Å². The molecule has 4 nitrogen and oxygen atoms in total. The topological polar surface area (TPSA) is 46.1 Å². The Hall–Kier alpha value is -0.620. The quantitative estimate of drug-likeness (QED) is 0.739. The molecular weight excluding hydrogens is 196 g/mol. The first-order valence-electron chi connectivity index (χ1n) is 3.16. The SMILES string of the molecule is CSn1cc[n+](SC)c1C(=O)O. The Balaban J connectivity index is 3.16. The summed E-state index contributed by atoms with van der Waals surface area (Å²) in [5.41, 5.74) is 0. The molecule has 0 aromatic carbocycles. The minimum absolute atomic E-state index is 0.273. The van der Waals surface area contributed by atoms with Gasteiger partial charge in [0.05, 0.1) is 23.9 Å². The molecule has 66 valence electrons. The van der Waals surface area contributed by atoms with Gasteiger partial charge in [0.25, 0.3) is 0 Å². The minimum atomic E-state index is -0.913. The molecule has 0 aliphatic rings. The van der Waals surface area contributed by atoms with Gasteiger partial charge in [0.2, 0.25) is 0 Å². The summed E-state index contributed by atoms with van der Waals surface area (Å²) in [6.45, 7) is 0. The van der Waals surface area contributed by atoms with Crippen molar-refractivity contribution in [1.29, 1.82) is 0 Å². The van der Waals surface area contributed by atoms with Gasteiger partial charge in [-0.2, -0.15) is 7.94 Å². The van der Waals surface area contributed by atoms with E-state index in [1.165, 1.54) is 23.9 Å². The molecule has 0 amide bonds. The van der Waals surface area contributed by atoms with E-state index < -0.39 is 5.97 Å². The standard InChI is InChI=1S/C6H8N2O2S2/c1-11-7-3-4-8(12-2)5(7)6(9)10/h3-4H,1-2H3/p+1. The van der Waals surface area contributed by atoms with E-state index in [1.807, 2.05) is 12.5 Å². The molecule has 1 heterocycles. The van der Waals surface area contributed by atoms with Crippen LogP contribution >= 0.6 is 23.9 Å². The molecule has 1 N–H and O–H groups in total. The van der Waals surface area contributed by atoms with Gasteiger partial charge in [0, 0.05) is 12.5 Å². The van der Waals surface area contributed by atoms with E-state index in [4.69, 9.17) is 5.11 Å². The molecule has 0 unspecified atom stereocenters. The number of hydrogen-bond acceptors (Lipinski definition) is 3. The third-order valence-corrected chi connectivity index (χ3v) is 2.72. The van der Waals surface area contributed by atoms with Gasteiger partial charge in [-0.05, 0) is 0 Å². The molecule has 1 rings (SSSR count). The summed E-state index contributed by atoms with van der Waals surface area (Å²) in [6.07, 6.45) is 7.11. The van der Waals surface area contributed by atoms with Crippen LogP contribution in [0.2, 0.25) is 0 Å². The maximum atomic E-state index is 10.8. The lowest BCUT2D eigenvalue weighted by Crippen LogP contribution is -2.31. The first-order valence-corrected chi connectivity index (χ1v) is 5.52. The molecule has 6 heteroatoms. The number of carboxylic acid groups (broad SMARTS) is 1. The van der Waals surface area contributed by atoms with Gasteiger partial charge in [0.15, 0.2) is 0 Å². The molecular formula is C6H9N2O2S2+. The highest BCUT2D eigenvalue weighted by atomic mass is 32.2. The van der Waals surface area contributed by atoms with Gasteiger partial charge < -0.3 is 5.11 Å². The summed E-state index contributed by atoms with van der Waals surface area (Å²) >= 11 is 2.72. The van der Waals surface area contributed by atoms with Crippen molar-refractivity contribution in [3.63, 3.8) is 0 Å². The fourth-order valence-corrected chi connectivity index (χ4v) is 1.92. The van der Waals surface area contributed by atoms with Gasteiger partial charge >= 0.3 is 11.8 Å². The molecule has 0 saturated carbocycles. The second kappa shape index (κ2) is 3.86. The van der Waals surface area contributed by atoms with Crippen molar-refractivity contribution >= 4 is 29.9 Å². The normalized spacial score (nSPS) is 10.2. The Labute approximate surface area is 78.8 Å². The zero-order chi connectivity index (χ0) is 9.14. The fraction of sp³-hybridized carbons (Fsp3) is 0.333. The predicted octanol–water partition coefficient (Wildman–Crippen LogP) is 0.726. The second-order valence-corrected chi connectivity index (χ2v) is 3.46. The number of aromatic nitrogens is 2. The average molecular weight is 205 g/mol. The second-order valence-electron chi connectivity index (χ2n) is 1.94. The average Bonchev–Trinajstić information content (AvgIpc) is 2.46. The Kier molecular flexibility index (Phi) is 3.05. The van der Waals surface area contributed by atoms with E-state index >= 15 is 0 Å². The Morgan fingerprint density at radius 1 is 1.67 bits per heavy atom. The third-order valence-electron chi connectivity index (χ3n) is 1.34. The van der Waals surface area contributed by atoms with Crippen molar-refractivity contribution in [3.8, 4) is 0 Å². The predicted molar refractivity (Wildman–Crippen MR) is 49.4 cm³/mol. The van der Waals surface area contributed by atoms with Crippen LogP contribution in [0.5, 0.6) is 0 Å². The van der Waals surface area contributed by atoms with Crippen LogP contribution in [0.3, 0.4) is 0 Å².